The minimum Gasteiger partial charge on any atom is -0.378 e. The molecule has 1 saturated heterocycles. The van der Waals surface area contributed by atoms with Crippen LogP contribution in [0.15, 0.2) is 59.3 Å². The lowest BCUT2D eigenvalue weighted by atomic mass is 10.1. The first-order valence-corrected chi connectivity index (χ1v) is 9.86. The fourth-order valence-electron chi connectivity index (χ4n) is 3.90. The lowest BCUT2D eigenvalue weighted by molar-refractivity contribution is 0.0787. The van der Waals surface area contributed by atoms with Gasteiger partial charge in [0.05, 0.1) is 24.2 Å². The van der Waals surface area contributed by atoms with Crippen LogP contribution >= 0.6 is 0 Å². The number of likely N-dealkylation sites (tertiary alicyclic amines) is 1. The number of amides is 1. The van der Waals surface area contributed by atoms with Crippen molar-refractivity contribution in [3.8, 4) is 11.3 Å². The summed E-state index contributed by atoms with van der Waals surface area (Å²) in [6.45, 7) is 1.70. The molecule has 30 heavy (non-hydrogen) atoms. The number of carbonyl (C=O) groups is 1. The molecule has 0 spiro atoms. The van der Waals surface area contributed by atoms with Gasteiger partial charge in [-0.15, -0.1) is 5.10 Å². The van der Waals surface area contributed by atoms with E-state index in [0.29, 0.717) is 31.0 Å². The van der Waals surface area contributed by atoms with Crippen molar-refractivity contribution in [2.24, 2.45) is 0 Å². The van der Waals surface area contributed by atoms with E-state index >= 15 is 0 Å². The quantitative estimate of drug-likeness (QED) is 0.508. The maximum Gasteiger partial charge on any atom is 0.253 e. The van der Waals surface area contributed by atoms with Gasteiger partial charge < -0.3 is 14.2 Å². The maximum absolute atomic E-state index is 13.2. The molecule has 0 radical (unpaired) electrons. The number of benzene rings is 2. The third-order valence-electron chi connectivity index (χ3n) is 5.43. The van der Waals surface area contributed by atoms with Gasteiger partial charge in [-0.1, -0.05) is 40.7 Å². The van der Waals surface area contributed by atoms with Gasteiger partial charge in [0, 0.05) is 31.3 Å². The number of ether oxygens (including phenoxy) is 1. The van der Waals surface area contributed by atoms with Crippen LogP contribution in [0.5, 0.6) is 0 Å². The monoisotopic (exact) mass is 403 g/mol. The number of hydrogen-bond donors (Lipinski definition) is 0. The van der Waals surface area contributed by atoms with Gasteiger partial charge in [0.25, 0.3) is 5.91 Å². The highest BCUT2D eigenvalue weighted by Crippen LogP contribution is 2.30. The fourth-order valence-corrected chi connectivity index (χ4v) is 3.90. The number of fused-ring (bicyclic) bond motifs is 1. The van der Waals surface area contributed by atoms with Crippen molar-refractivity contribution < 1.29 is 14.1 Å². The van der Waals surface area contributed by atoms with E-state index in [1.54, 1.807) is 13.2 Å². The minimum atomic E-state index is -0.00292. The van der Waals surface area contributed by atoms with Crippen LogP contribution in [0.2, 0.25) is 0 Å². The Hall–Kier alpha value is -3.52. The summed E-state index contributed by atoms with van der Waals surface area (Å²) in [5.74, 6) is 0.671. The second-order valence-electron chi connectivity index (χ2n) is 7.43. The summed E-state index contributed by atoms with van der Waals surface area (Å²) >= 11 is 0. The molecule has 1 aliphatic rings. The zero-order valence-electron chi connectivity index (χ0n) is 16.6. The third-order valence-corrected chi connectivity index (χ3v) is 5.43. The van der Waals surface area contributed by atoms with Crippen LogP contribution < -0.4 is 0 Å². The molecule has 1 fully saturated rings. The number of nitrogens with zero attached hydrogens (tertiary/aromatic N) is 5. The van der Waals surface area contributed by atoms with Crippen molar-refractivity contribution in [3.63, 3.8) is 0 Å². The SMILES string of the molecule is COCc1cn([C@H]2CCN(C(=O)c3ccc4noc(-c5ccccc5)c4c3)C2)nn1. The van der Waals surface area contributed by atoms with Crippen molar-refractivity contribution in [3.05, 3.63) is 66.0 Å². The Bertz CT molecular complexity index is 1180. The van der Waals surface area contributed by atoms with E-state index in [1.807, 2.05) is 58.2 Å². The summed E-state index contributed by atoms with van der Waals surface area (Å²) in [5, 5.41) is 13.3. The molecular formula is C22H21N5O3. The predicted octanol–water partition coefficient (Wildman–Crippen LogP) is 3.32. The second kappa shape index (κ2) is 7.72. The van der Waals surface area contributed by atoms with E-state index in [0.717, 1.165) is 28.6 Å². The summed E-state index contributed by atoms with van der Waals surface area (Å²) in [4.78, 5) is 15.0. The summed E-state index contributed by atoms with van der Waals surface area (Å²) in [6, 6.07) is 15.4. The Morgan fingerprint density at radius 2 is 2.10 bits per heavy atom. The molecule has 0 saturated carbocycles. The molecule has 0 aliphatic carbocycles. The highest BCUT2D eigenvalue weighted by molar-refractivity contribution is 6.01. The standard InChI is InChI=1S/C22H21N5O3/c1-29-14-17-12-27(25-23-17)18-9-10-26(13-18)22(28)16-7-8-20-19(11-16)21(30-24-20)15-5-3-2-4-6-15/h2-8,11-12,18H,9-10,13-14H2,1H3/t18-/m0/s1. The first kappa shape index (κ1) is 18.5. The van der Waals surface area contributed by atoms with E-state index in [-0.39, 0.29) is 11.9 Å². The molecule has 1 aliphatic heterocycles. The van der Waals surface area contributed by atoms with Crippen molar-refractivity contribution in [1.82, 2.24) is 25.1 Å². The lowest BCUT2D eigenvalue weighted by Crippen LogP contribution is -2.29. The van der Waals surface area contributed by atoms with Crippen LogP contribution in [-0.4, -0.2) is 51.2 Å². The first-order valence-electron chi connectivity index (χ1n) is 9.86. The zero-order valence-corrected chi connectivity index (χ0v) is 16.6. The molecular weight excluding hydrogens is 382 g/mol. The first-order chi connectivity index (χ1) is 14.7. The molecule has 8 nitrogen and oxygen atoms in total. The molecule has 2 aromatic heterocycles. The largest absolute Gasteiger partial charge is 0.378 e. The fraction of sp³-hybridized carbons (Fsp3) is 0.273. The predicted molar refractivity (Wildman–Crippen MR) is 110 cm³/mol. The smallest absolute Gasteiger partial charge is 0.253 e. The van der Waals surface area contributed by atoms with Gasteiger partial charge in [0.15, 0.2) is 5.76 Å². The zero-order chi connectivity index (χ0) is 20.5. The van der Waals surface area contributed by atoms with Crippen LogP contribution in [0.25, 0.3) is 22.2 Å². The number of methoxy groups -OCH3 is 1. The average molecular weight is 403 g/mol. The molecule has 0 N–H and O–H groups in total. The molecule has 4 aromatic rings. The maximum atomic E-state index is 13.2. The van der Waals surface area contributed by atoms with Crippen LogP contribution in [0.1, 0.15) is 28.5 Å². The average Bonchev–Trinajstić information content (AvgIpc) is 3.53. The molecule has 152 valence electrons. The number of rotatable bonds is 5. The third kappa shape index (κ3) is 3.35. The van der Waals surface area contributed by atoms with Crippen molar-refractivity contribution in [2.75, 3.05) is 20.2 Å². The number of hydrogen-bond acceptors (Lipinski definition) is 6. The van der Waals surface area contributed by atoms with Crippen LogP contribution in [-0.2, 0) is 11.3 Å². The normalized spacial score (nSPS) is 16.4. The molecule has 2 aromatic carbocycles. The topological polar surface area (TPSA) is 86.3 Å². The van der Waals surface area contributed by atoms with Crippen LogP contribution in [0, 0.1) is 0 Å². The van der Waals surface area contributed by atoms with Crippen molar-refractivity contribution in [2.45, 2.75) is 19.1 Å². The Kier molecular flexibility index (Phi) is 4.76. The van der Waals surface area contributed by atoms with Gasteiger partial charge in [0.1, 0.15) is 11.2 Å². The molecule has 8 heteroatoms. The molecule has 0 unspecified atom stereocenters. The molecule has 5 rings (SSSR count). The molecule has 3 heterocycles. The van der Waals surface area contributed by atoms with Gasteiger partial charge >= 0.3 is 0 Å². The Morgan fingerprint density at radius 3 is 2.93 bits per heavy atom. The summed E-state index contributed by atoms with van der Waals surface area (Å²) < 4.78 is 12.5. The van der Waals surface area contributed by atoms with Crippen molar-refractivity contribution in [1.29, 1.82) is 0 Å². The highest BCUT2D eigenvalue weighted by Gasteiger charge is 2.29. The van der Waals surface area contributed by atoms with E-state index in [2.05, 4.69) is 15.5 Å². The Balaban J connectivity index is 1.37. The number of carbonyl (C=O) groups excluding carboxylic acids is 1. The number of aromatic nitrogens is 4. The van der Waals surface area contributed by atoms with E-state index in [1.165, 1.54) is 0 Å². The van der Waals surface area contributed by atoms with Gasteiger partial charge in [-0.3, -0.25) is 4.79 Å². The molecule has 1 amide bonds. The van der Waals surface area contributed by atoms with Crippen LogP contribution in [0.3, 0.4) is 0 Å². The Labute approximate surface area is 173 Å². The second-order valence-corrected chi connectivity index (χ2v) is 7.43. The van der Waals surface area contributed by atoms with Gasteiger partial charge in [-0.05, 0) is 24.6 Å². The summed E-state index contributed by atoms with van der Waals surface area (Å²) in [5.41, 5.74) is 3.08. The van der Waals surface area contributed by atoms with E-state index in [9.17, 15) is 4.79 Å². The van der Waals surface area contributed by atoms with Gasteiger partial charge in [-0.25, -0.2) is 4.68 Å². The van der Waals surface area contributed by atoms with Gasteiger partial charge in [0.2, 0.25) is 0 Å². The van der Waals surface area contributed by atoms with E-state index < -0.39 is 0 Å². The minimum absolute atomic E-state index is 0.00292. The summed E-state index contributed by atoms with van der Waals surface area (Å²) in [6.07, 6.45) is 2.73. The molecule has 1 atom stereocenters. The highest BCUT2D eigenvalue weighted by atomic mass is 16.5. The van der Waals surface area contributed by atoms with Crippen LogP contribution in [0.4, 0.5) is 0 Å². The lowest BCUT2D eigenvalue weighted by Gasteiger charge is -2.16. The Morgan fingerprint density at radius 1 is 1.23 bits per heavy atom. The van der Waals surface area contributed by atoms with Gasteiger partial charge in [-0.2, -0.15) is 0 Å². The summed E-state index contributed by atoms with van der Waals surface area (Å²) in [7, 11) is 1.63. The van der Waals surface area contributed by atoms with E-state index in [4.69, 9.17) is 9.26 Å². The molecule has 0 bridgehead atoms. The van der Waals surface area contributed by atoms with Crippen molar-refractivity contribution >= 4 is 16.8 Å².